The Morgan fingerprint density at radius 1 is 0.923 bits per heavy atom. The molecule has 0 aliphatic carbocycles. The molecule has 4 heteroatoms. The Labute approximate surface area is 242 Å². The van der Waals surface area contributed by atoms with E-state index in [0.717, 1.165) is 54.2 Å². The Bertz CT molecular complexity index is 1050. The van der Waals surface area contributed by atoms with Gasteiger partial charge in [-0.25, -0.2) is 0 Å². The minimum Gasteiger partial charge on any atom is -0.493 e. The molecule has 0 saturated carbocycles. The highest BCUT2D eigenvalue weighted by Crippen LogP contribution is 2.25. The van der Waals surface area contributed by atoms with Crippen LogP contribution in [0.4, 0.5) is 0 Å². The summed E-state index contributed by atoms with van der Waals surface area (Å²) in [5.74, 6) is 1.93. The van der Waals surface area contributed by atoms with Gasteiger partial charge in [-0.05, 0) is 113 Å². The van der Waals surface area contributed by atoms with Crippen LogP contribution in [-0.2, 0) is 12.8 Å². The van der Waals surface area contributed by atoms with E-state index in [9.17, 15) is 4.79 Å². The fourth-order valence-corrected chi connectivity index (χ4v) is 4.59. The Morgan fingerprint density at radius 3 is 2.13 bits per heavy atom. The first-order chi connectivity index (χ1) is 18.9. The molecule has 212 valence electrons. The van der Waals surface area contributed by atoms with Gasteiger partial charge in [0.25, 0.3) is 0 Å². The molecule has 1 aliphatic rings. The summed E-state index contributed by atoms with van der Waals surface area (Å²) < 4.78 is 5.76. The number of piperidine rings is 1. The summed E-state index contributed by atoms with van der Waals surface area (Å²) in [7, 11) is 2.18. The quantitative estimate of drug-likeness (QED) is 0.249. The summed E-state index contributed by atoms with van der Waals surface area (Å²) in [5.41, 5.74) is 4.64. The Balaban J connectivity index is 0.000000269. The van der Waals surface area contributed by atoms with Gasteiger partial charge >= 0.3 is 0 Å². The maximum atomic E-state index is 12.5. The van der Waals surface area contributed by atoms with Gasteiger partial charge in [-0.2, -0.15) is 0 Å². The normalized spacial score (nSPS) is 13.5. The molecule has 3 aromatic rings. The first kappa shape index (κ1) is 32.6. The SMILES string of the molecule is CCCOc1ccc(C(=O)CCC2CCN(C)CC2)cc1CC.CCc1ccccc1.Cc1ccc(Cl)cc1. The standard InChI is InChI=1S/C20H31NO2.C8H10.C7H7Cl/c1-4-14-23-20-9-7-18(15-17(20)5-2)19(22)8-6-16-10-12-21(3)13-11-16;1-2-8-6-4-3-5-7-8;1-6-2-4-7(8)5-3-6/h7,9,15-16H,4-6,8,10-14H2,1-3H3;3-7H,2H2,1H3;2-5H,1H3. The van der Waals surface area contributed by atoms with E-state index in [-0.39, 0.29) is 5.78 Å². The van der Waals surface area contributed by atoms with Crippen LogP contribution in [0.3, 0.4) is 0 Å². The van der Waals surface area contributed by atoms with Gasteiger partial charge in [0.2, 0.25) is 0 Å². The summed E-state index contributed by atoms with van der Waals surface area (Å²) in [5, 5.41) is 0.801. The molecule has 4 rings (SSSR count). The maximum absolute atomic E-state index is 12.5. The molecule has 3 aromatic carbocycles. The largest absolute Gasteiger partial charge is 0.493 e. The van der Waals surface area contributed by atoms with Crippen LogP contribution in [0.5, 0.6) is 5.75 Å². The summed E-state index contributed by atoms with van der Waals surface area (Å²) in [4.78, 5) is 14.9. The van der Waals surface area contributed by atoms with Crippen molar-refractivity contribution < 1.29 is 9.53 Å². The summed E-state index contributed by atoms with van der Waals surface area (Å²) in [6.07, 6.45) is 7.20. The highest BCUT2D eigenvalue weighted by atomic mass is 35.5. The average molecular weight is 550 g/mol. The van der Waals surface area contributed by atoms with Gasteiger partial charge in [0.05, 0.1) is 6.61 Å². The lowest BCUT2D eigenvalue weighted by atomic mass is 9.90. The molecule has 0 spiro atoms. The predicted molar refractivity (Wildman–Crippen MR) is 167 cm³/mol. The minimum absolute atomic E-state index is 0.278. The first-order valence-electron chi connectivity index (χ1n) is 14.6. The zero-order valence-electron chi connectivity index (χ0n) is 24.7. The zero-order valence-corrected chi connectivity index (χ0v) is 25.5. The molecule has 0 N–H and O–H groups in total. The number of rotatable bonds is 9. The molecule has 1 saturated heterocycles. The van der Waals surface area contributed by atoms with Gasteiger partial charge in [-0.15, -0.1) is 0 Å². The minimum atomic E-state index is 0.278. The molecular weight excluding hydrogens is 502 g/mol. The molecule has 1 heterocycles. The number of ether oxygens (including phenoxy) is 1. The number of hydrogen-bond acceptors (Lipinski definition) is 3. The van der Waals surface area contributed by atoms with E-state index in [1.54, 1.807) is 0 Å². The van der Waals surface area contributed by atoms with Crippen LogP contribution in [0.15, 0.2) is 72.8 Å². The van der Waals surface area contributed by atoms with Crippen molar-refractivity contribution in [2.75, 3.05) is 26.7 Å². The van der Waals surface area contributed by atoms with E-state index in [1.807, 2.05) is 55.5 Å². The molecule has 0 amide bonds. The molecule has 0 aromatic heterocycles. The Morgan fingerprint density at radius 2 is 1.59 bits per heavy atom. The lowest BCUT2D eigenvalue weighted by Gasteiger charge is -2.28. The second-order valence-electron chi connectivity index (χ2n) is 10.4. The molecule has 3 nitrogen and oxygen atoms in total. The van der Waals surface area contributed by atoms with E-state index in [1.165, 1.54) is 37.1 Å². The number of hydrogen-bond donors (Lipinski definition) is 0. The second-order valence-corrected chi connectivity index (χ2v) is 10.8. The molecule has 1 fully saturated rings. The fraction of sp³-hybridized carbons (Fsp3) is 0.457. The van der Waals surface area contributed by atoms with E-state index in [4.69, 9.17) is 16.3 Å². The van der Waals surface area contributed by atoms with E-state index in [0.29, 0.717) is 12.3 Å². The Kier molecular flexibility index (Phi) is 15.6. The van der Waals surface area contributed by atoms with Gasteiger partial charge in [-0.1, -0.05) is 80.4 Å². The number of Topliss-reactive ketones (excluding diaryl/α,β-unsaturated/α-hetero) is 1. The summed E-state index contributed by atoms with van der Waals surface area (Å²) >= 11 is 5.61. The third-order valence-corrected chi connectivity index (χ3v) is 7.36. The van der Waals surface area contributed by atoms with Crippen molar-refractivity contribution in [2.45, 2.75) is 72.6 Å². The number of carbonyl (C=O) groups is 1. The van der Waals surface area contributed by atoms with Gasteiger partial charge in [-0.3, -0.25) is 4.79 Å². The van der Waals surface area contributed by atoms with E-state index < -0.39 is 0 Å². The molecule has 0 unspecified atom stereocenters. The van der Waals surface area contributed by atoms with Gasteiger partial charge in [0.15, 0.2) is 5.78 Å². The van der Waals surface area contributed by atoms with Crippen LogP contribution in [0, 0.1) is 12.8 Å². The maximum Gasteiger partial charge on any atom is 0.162 e. The molecule has 39 heavy (non-hydrogen) atoms. The van der Waals surface area contributed by atoms with Crippen molar-refractivity contribution >= 4 is 17.4 Å². The molecular formula is C35H48ClNO2. The van der Waals surface area contributed by atoms with Gasteiger partial charge < -0.3 is 9.64 Å². The topological polar surface area (TPSA) is 29.5 Å². The molecule has 0 atom stereocenters. The molecule has 0 radical (unpaired) electrons. The van der Waals surface area contributed by atoms with Crippen molar-refractivity contribution in [2.24, 2.45) is 5.92 Å². The second kappa shape index (κ2) is 18.6. The summed E-state index contributed by atoms with van der Waals surface area (Å²) in [6.45, 7) is 11.5. The average Bonchev–Trinajstić information content (AvgIpc) is 2.98. The predicted octanol–water partition coefficient (Wildman–Crippen LogP) is 9.24. The van der Waals surface area contributed by atoms with Crippen LogP contribution < -0.4 is 4.74 Å². The molecule has 1 aliphatic heterocycles. The van der Waals surface area contributed by atoms with Gasteiger partial charge in [0.1, 0.15) is 5.75 Å². The zero-order chi connectivity index (χ0) is 28.5. The van der Waals surface area contributed by atoms with E-state index in [2.05, 4.69) is 57.0 Å². The van der Waals surface area contributed by atoms with Crippen LogP contribution in [0.2, 0.25) is 5.02 Å². The van der Waals surface area contributed by atoms with Crippen molar-refractivity contribution in [3.63, 3.8) is 0 Å². The molecule has 0 bridgehead atoms. The highest BCUT2D eigenvalue weighted by molar-refractivity contribution is 6.30. The van der Waals surface area contributed by atoms with Crippen LogP contribution >= 0.6 is 11.6 Å². The van der Waals surface area contributed by atoms with Crippen LogP contribution in [-0.4, -0.2) is 37.4 Å². The van der Waals surface area contributed by atoms with Crippen molar-refractivity contribution in [1.82, 2.24) is 4.90 Å². The number of benzene rings is 3. The first-order valence-corrected chi connectivity index (χ1v) is 15.0. The lowest BCUT2D eigenvalue weighted by molar-refractivity contribution is 0.0965. The number of aryl methyl sites for hydroxylation is 3. The number of nitrogens with zero attached hydrogens (tertiary/aromatic N) is 1. The highest BCUT2D eigenvalue weighted by Gasteiger charge is 2.18. The third-order valence-electron chi connectivity index (χ3n) is 7.10. The van der Waals surface area contributed by atoms with Crippen LogP contribution in [0.1, 0.15) is 79.9 Å². The van der Waals surface area contributed by atoms with Crippen LogP contribution in [0.25, 0.3) is 0 Å². The van der Waals surface area contributed by atoms with Crippen molar-refractivity contribution in [1.29, 1.82) is 0 Å². The lowest BCUT2D eigenvalue weighted by Crippen LogP contribution is -2.30. The number of likely N-dealkylation sites (tertiary alicyclic amines) is 1. The van der Waals surface area contributed by atoms with Crippen molar-refractivity contribution in [3.05, 3.63) is 100 Å². The summed E-state index contributed by atoms with van der Waals surface area (Å²) in [6, 6.07) is 24.1. The van der Waals surface area contributed by atoms with E-state index >= 15 is 0 Å². The number of carbonyl (C=O) groups excluding carboxylic acids is 1. The van der Waals surface area contributed by atoms with Gasteiger partial charge in [0, 0.05) is 17.0 Å². The monoisotopic (exact) mass is 549 g/mol. The Hall–Kier alpha value is -2.62. The smallest absolute Gasteiger partial charge is 0.162 e. The fourth-order valence-electron chi connectivity index (χ4n) is 4.46. The third kappa shape index (κ3) is 12.9. The number of ketones is 1. The van der Waals surface area contributed by atoms with Crippen molar-refractivity contribution in [3.8, 4) is 5.75 Å². The number of halogens is 1.